The van der Waals surface area contributed by atoms with Crippen molar-refractivity contribution in [1.29, 1.82) is 0 Å². The van der Waals surface area contributed by atoms with Crippen molar-refractivity contribution < 1.29 is 0 Å². The Morgan fingerprint density at radius 3 is 2.15 bits per heavy atom. The van der Waals surface area contributed by atoms with Gasteiger partial charge in [-0.25, -0.2) is 0 Å². The first-order valence-corrected chi connectivity index (χ1v) is 10.4. The van der Waals surface area contributed by atoms with Gasteiger partial charge in [0, 0.05) is 6.04 Å². The highest BCUT2D eigenvalue weighted by molar-refractivity contribution is 5.83. The molecule has 3 aromatic rings. The van der Waals surface area contributed by atoms with Gasteiger partial charge in [0.2, 0.25) is 0 Å². The minimum absolute atomic E-state index is 0.766. The SMILES string of the molecule is c1ccc(-c2ccccc2-c2ccc3c(c2)CCC(N2CCCC2)C3)cc1. The summed E-state index contributed by atoms with van der Waals surface area (Å²) in [4.78, 5) is 2.72. The topological polar surface area (TPSA) is 3.24 Å². The van der Waals surface area contributed by atoms with Crippen LogP contribution < -0.4 is 0 Å². The number of benzene rings is 3. The Bertz CT molecular complexity index is 922. The third-order valence-electron chi connectivity index (χ3n) is 6.39. The summed E-state index contributed by atoms with van der Waals surface area (Å²) < 4.78 is 0. The van der Waals surface area contributed by atoms with E-state index in [1.165, 1.54) is 67.4 Å². The molecule has 0 bridgehead atoms. The monoisotopic (exact) mass is 353 g/mol. The van der Waals surface area contributed by atoms with Gasteiger partial charge in [0.15, 0.2) is 0 Å². The maximum absolute atomic E-state index is 2.72. The molecule has 0 saturated carbocycles. The highest BCUT2D eigenvalue weighted by atomic mass is 15.2. The molecule has 1 heterocycles. The van der Waals surface area contributed by atoms with Gasteiger partial charge in [-0.05, 0) is 78.6 Å². The fourth-order valence-electron chi connectivity index (χ4n) is 4.93. The minimum Gasteiger partial charge on any atom is -0.300 e. The van der Waals surface area contributed by atoms with Gasteiger partial charge in [-0.3, -0.25) is 0 Å². The highest BCUT2D eigenvalue weighted by Gasteiger charge is 2.26. The number of aryl methyl sites for hydroxylation is 1. The maximum atomic E-state index is 2.72. The van der Waals surface area contributed by atoms with Crippen LogP contribution in [0.5, 0.6) is 0 Å². The molecule has 0 N–H and O–H groups in total. The molecule has 0 radical (unpaired) electrons. The third-order valence-corrected chi connectivity index (χ3v) is 6.39. The molecule has 1 aliphatic heterocycles. The van der Waals surface area contributed by atoms with E-state index in [9.17, 15) is 0 Å². The standard InChI is InChI=1S/C26H27N/c1-2-8-20(9-3-1)25-10-4-5-11-26(25)23-13-12-22-19-24(15-14-21(22)18-23)27-16-6-7-17-27/h1-5,8-13,18,24H,6-7,14-17,19H2. The van der Waals surface area contributed by atoms with Crippen LogP contribution in [0.3, 0.4) is 0 Å². The Labute approximate surface area is 162 Å². The first kappa shape index (κ1) is 16.8. The van der Waals surface area contributed by atoms with Crippen LogP contribution >= 0.6 is 0 Å². The minimum atomic E-state index is 0.766. The van der Waals surface area contributed by atoms with Crippen molar-refractivity contribution in [3.05, 3.63) is 83.9 Å². The average Bonchev–Trinajstić information content (AvgIpc) is 3.29. The summed E-state index contributed by atoms with van der Waals surface area (Å²) >= 11 is 0. The zero-order valence-electron chi connectivity index (χ0n) is 15.9. The lowest BCUT2D eigenvalue weighted by molar-refractivity contribution is 0.222. The quantitative estimate of drug-likeness (QED) is 0.560. The van der Waals surface area contributed by atoms with Crippen LogP contribution in [0.15, 0.2) is 72.8 Å². The first-order chi connectivity index (χ1) is 13.4. The highest BCUT2D eigenvalue weighted by Crippen LogP contribution is 2.35. The Kier molecular flexibility index (Phi) is 4.55. The summed E-state index contributed by atoms with van der Waals surface area (Å²) in [5.74, 6) is 0. The summed E-state index contributed by atoms with van der Waals surface area (Å²) in [5, 5.41) is 0. The van der Waals surface area contributed by atoms with E-state index in [1.807, 2.05) is 0 Å². The molecule has 1 heteroatoms. The number of rotatable bonds is 3. The second-order valence-electron chi connectivity index (χ2n) is 8.03. The molecule has 1 nitrogen and oxygen atoms in total. The molecule has 1 aliphatic carbocycles. The maximum Gasteiger partial charge on any atom is 0.0139 e. The molecule has 0 aromatic heterocycles. The zero-order chi connectivity index (χ0) is 18.1. The molecule has 2 aliphatic rings. The van der Waals surface area contributed by atoms with Crippen LogP contribution in [0.2, 0.25) is 0 Å². The predicted octanol–water partition coefficient (Wildman–Crippen LogP) is 5.97. The Hall–Kier alpha value is -2.38. The molecule has 1 saturated heterocycles. The summed E-state index contributed by atoms with van der Waals surface area (Å²) in [6, 6.07) is 27.5. The van der Waals surface area contributed by atoms with Crippen LogP contribution in [0.25, 0.3) is 22.3 Å². The molecule has 0 spiro atoms. The fraction of sp³-hybridized carbons (Fsp3) is 0.308. The van der Waals surface area contributed by atoms with E-state index in [2.05, 4.69) is 77.7 Å². The van der Waals surface area contributed by atoms with Crippen molar-refractivity contribution in [2.75, 3.05) is 13.1 Å². The Morgan fingerprint density at radius 1 is 0.667 bits per heavy atom. The molecule has 1 atom stereocenters. The molecule has 27 heavy (non-hydrogen) atoms. The number of hydrogen-bond acceptors (Lipinski definition) is 1. The second kappa shape index (κ2) is 7.32. The van der Waals surface area contributed by atoms with Gasteiger partial charge in [0.1, 0.15) is 0 Å². The third kappa shape index (κ3) is 3.33. The van der Waals surface area contributed by atoms with Crippen molar-refractivity contribution in [1.82, 2.24) is 4.90 Å². The lowest BCUT2D eigenvalue weighted by Crippen LogP contribution is -2.37. The van der Waals surface area contributed by atoms with Crippen LogP contribution in [-0.2, 0) is 12.8 Å². The Morgan fingerprint density at radius 2 is 1.37 bits per heavy atom. The zero-order valence-corrected chi connectivity index (χ0v) is 15.9. The molecule has 1 unspecified atom stereocenters. The van der Waals surface area contributed by atoms with Gasteiger partial charge in [0.25, 0.3) is 0 Å². The molecule has 136 valence electrons. The van der Waals surface area contributed by atoms with Gasteiger partial charge in [-0.2, -0.15) is 0 Å². The van der Waals surface area contributed by atoms with E-state index in [0.717, 1.165) is 6.04 Å². The van der Waals surface area contributed by atoms with E-state index in [0.29, 0.717) is 0 Å². The van der Waals surface area contributed by atoms with Crippen molar-refractivity contribution in [3.63, 3.8) is 0 Å². The summed E-state index contributed by atoms with van der Waals surface area (Å²) in [7, 11) is 0. The van der Waals surface area contributed by atoms with Gasteiger partial charge >= 0.3 is 0 Å². The second-order valence-corrected chi connectivity index (χ2v) is 8.03. The van der Waals surface area contributed by atoms with Crippen LogP contribution in [0, 0.1) is 0 Å². The normalized spacial score (nSPS) is 19.8. The fourth-order valence-corrected chi connectivity index (χ4v) is 4.93. The molecule has 0 amide bonds. The van der Waals surface area contributed by atoms with Gasteiger partial charge in [0.05, 0.1) is 0 Å². The van der Waals surface area contributed by atoms with Crippen LogP contribution in [-0.4, -0.2) is 24.0 Å². The lowest BCUT2D eigenvalue weighted by Gasteiger charge is -2.32. The van der Waals surface area contributed by atoms with E-state index in [1.54, 1.807) is 11.1 Å². The molecular weight excluding hydrogens is 326 g/mol. The van der Waals surface area contributed by atoms with Gasteiger partial charge in [-0.15, -0.1) is 0 Å². The van der Waals surface area contributed by atoms with E-state index >= 15 is 0 Å². The largest absolute Gasteiger partial charge is 0.300 e. The summed E-state index contributed by atoms with van der Waals surface area (Å²) in [6.45, 7) is 2.62. The summed E-state index contributed by atoms with van der Waals surface area (Å²) in [6.07, 6.45) is 6.54. The molecule has 3 aromatic carbocycles. The van der Waals surface area contributed by atoms with Crippen LogP contribution in [0.1, 0.15) is 30.4 Å². The van der Waals surface area contributed by atoms with Crippen molar-refractivity contribution in [3.8, 4) is 22.3 Å². The van der Waals surface area contributed by atoms with Gasteiger partial charge < -0.3 is 4.90 Å². The average molecular weight is 354 g/mol. The number of fused-ring (bicyclic) bond motifs is 1. The first-order valence-electron chi connectivity index (χ1n) is 10.4. The van der Waals surface area contributed by atoms with Crippen molar-refractivity contribution in [2.24, 2.45) is 0 Å². The lowest BCUT2D eigenvalue weighted by atomic mass is 9.85. The number of hydrogen-bond donors (Lipinski definition) is 0. The summed E-state index contributed by atoms with van der Waals surface area (Å²) in [5.41, 5.74) is 8.44. The smallest absolute Gasteiger partial charge is 0.0139 e. The molecule has 1 fully saturated rings. The number of likely N-dealkylation sites (tertiary alicyclic amines) is 1. The van der Waals surface area contributed by atoms with Gasteiger partial charge in [-0.1, -0.05) is 72.8 Å². The Balaban J connectivity index is 1.47. The van der Waals surface area contributed by atoms with Crippen molar-refractivity contribution >= 4 is 0 Å². The number of nitrogens with zero attached hydrogens (tertiary/aromatic N) is 1. The van der Waals surface area contributed by atoms with Crippen molar-refractivity contribution in [2.45, 2.75) is 38.1 Å². The molecule has 5 rings (SSSR count). The van der Waals surface area contributed by atoms with Crippen LogP contribution in [0.4, 0.5) is 0 Å². The van der Waals surface area contributed by atoms with E-state index < -0.39 is 0 Å². The van der Waals surface area contributed by atoms with E-state index in [4.69, 9.17) is 0 Å². The molecular formula is C26H27N. The van der Waals surface area contributed by atoms with E-state index in [-0.39, 0.29) is 0 Å². The predicted molar refractivity (Wildman–Crippen MR) is 114 cm³/mol.